The third kappa shape index (κ3) is 2.11. The predicted octanol–water partition coefficient (Wildman–Crippen LogP) is 2.08. The van der Waals surface area contributed by atoms with Gasteiger partial charge in [0.15, 0.2) is 0 Å². The van der Waals surface area contributed by atoms with E-state index in [0.717, 1.165) is 11.4 Å². The van der Waals surface area contributed by atoms with E-state index in [1.54, 1.807) is 6.26 Å². The summed E-state index contributed by atoms with van der Waals surface area (Å²) < 4.78 is 5.28. The van der Waals surface area contributed by atoms with E-state index < -0.39 is 0 Å². The minimum absolute atomic E-state index is 0.601. The Morgan fingerprint density at radius 2 is 2.00 bits per heavy atom. The Morgan fingerprint density at radius 1 is 1.19 bits per heavy atom. The van der Waals surface area contributed by atoms with Crippen molar-refractivity contribution in [3.05, 3.63) is 42.4 Å². The van der Waals surface area contributed by atoms with Crippen molar-refractivity contribution in [1.82, 2.24) is 0 Å². The molecular weight excluding hydrogens is 202 g/mol. The zero-order valence-electron chi connectivity index (χ0n) is 9.18. The van der Waals surface area contributed by atoms with E-state index in [-0.39, 0.29) is 0 Å². The van der Waals surface area contributed by atoms with Crippen LogP contribution >= 0.6 is 0 Å². The second-order valence-electron chi connectivity index (χ2n) is 3.75. The number of nitrogens with two attached hydrogens (primary N) is 2. The summed E-state index contributed by atoms with van der Waals surface area (Å²) in [7, 11) is 1.98. The Bertz CT molecular complexity index is 465. The molecule has 1 aromatic heterocycles. The molecule has 0 saturated carbocycles. The summed E-state index contributed by atoms with van der Waals surface area (Å²) >= 11 is 0. The number of hydrogen-bond donors (Lipinski definition) is 2. The Morgan fingerprint density at radius 3 is 2.62 bits per heavy atom. The summed E-state index contributed by atoms with van der Waals surface area (Å²) in [6.45, 7) is 0.705. The van der Waals surface area contributed by atoms with Crippen molar-refractivity contribution >= 4 is 17.1 Å². The van der Waals surface area contributed by atoms with E-state index in [4.69, 9.17) is 15.9 Å². The van der Waals surface area contributed by atoms with Crippen LogP contribution in [0.1, 0.15) is 5.76 Å². The maximum Gasteiger partial charge on any atom is 0.123 e. The number of furan rings is 1. The van der Waals surface area contributed by atoms with Crippen molar-refractivity contribution in [2.75, 3.05) is 23.4 Å². The smallest absolute Gasteiger partial charge is 0.123 e. The van der Waals surface area contributed by atoms with Gasteiger partial charge in [-0.3, -0.25) is 0 Å². The second kappa shape index (κ2) is 4.18. The molecule has 4 N–H and O–H groups in total. The van der Waals surface area contributed by atoms with E-state index >= 15 is 0 Å². The van der Waals surface area contributed by atoms with Gasteiger partial charge >= 0.3 is 0 Å². The van der Waals surface area contributed by atoms with Gasteiger partial charge in [-0.1, -0.05) is 0 Å². The average Bonchev–Trinajstić information content (AvgIpc) is 2.74. The van der Waals surface area contributed by atoms with Gasteiger partial charge in [-0.15, -0.1) is 0 Å². The van der Waals surface area contributed by atoms with Crippen LogP contribution in [0.2, 0.25) is 0 Å². The van der Waals surface area contributed by atoms with Crippen LogP contribution in [0, 0.1) is 0 Å². The van der Waals surface area contributed by atoms with Crippen molar-refractivity contribution in [1.29, 1.82) is 0 Å². The van der Waals surface area contributed by atoms with Crippen LogP contribution in [-0.4, -0.2) is 7.05 Å². The second-order valence-corrected chi connectivity index (χ2v) is 3.75. The first-order valence-electron chi connectivity index (χ1n) is 5.05. The number of anilines is 3. The van der Waals surface area contributed by atoms with Gasteiger partial charge < -0.3 is 20.8 Å². The molecule has 0 fully saturated rings. The highest BCUT2D eigenvalue weighted by atomic mass is 16.3. The van der Waals surface area contributed by atoms with Crippen molar-refractivity contribution in [2.45, 2.75) is 6.54 Å². The standard InChI is InChI=1S/C12H15N3O/c1-15(8-10-3-2-6-16-10)9-4-5-11(13)12(14)7-9/h2-7H,8,13-14H2,1H3. The van der Waals surface area contributed by atoms with E-state index in [2.05, 4.69) is 4.90 Å². The molecule has 2 aromatic rings. The van der Waals surface area contributed by atoms with E-state index in [1.807, 2.05) is 37.4 Å². The molecule has 1 aromatic carbocycles. The molecule has 2 rings (SSSR count). The third-order valence-electron chi connectivity index (χ3n) is 2.48. The SMILES string of the molecule is CN(Cc1ccco1)c1ccc(N)c(N)c1. The lowest BCUT2D eigenvalue weighted by Crippen LogP contribution is -2.16. The van der Waals surface area contributed by atoms with Crippen molar-refractivity contribution < 1.29 is 4.42 Å². The molecule has 16 heavy (non-hydrogen) atoms. The van der Waals surface area contributed by atoms with Gasteiger partial charge in [0.25, 0.3) is 0 Å². The minimum atomic E-state index is 0.601. The Hall–Kier alpha value is -2.10. The first-order chi connectivity index (χ1) is 7.66. The highest BCUT2D eigenvalue weighted by Gasteiger charge is 2.05. The third-order valence-corrected chi connectivity index (χ3v) is 2.48. The van der Waals surface area contributed by atoms with Crippen LogP contribution in [-0.2, 0) is 6.54 Å². The maximum absolute atomic E-state index is 5.76. The maximum atomic E-state index is 5.76. The highest BCUT2D eigenvalue weighted by molar-refractivity contribution is 5.69. The van der Waals surface area contributed by atoms with Crippen molar-refractivity contribution in [3.63, 3.8) is 0 Å². The summed E-state index contributed by atoms with van der Waals surface area (Å²) in [5, 5.41) is 0. The summed E-state index contributed by atoms with van der Waals surface area (Å²) in [6, 6.07) is 9.42. The molecule has 0 aliphatic heterocycles. The summed E-state index contributed by atoms with van der Waals surface area (Å²) in [5.41, 5.74) is 13.6. The normalized spacial score (nSPS) is 10.3. The molecule has 0 aliphatic rings. The monoisotopic (exact) mass is 217 g/mol. The molecule has 0 atom stereocenters. The summed E-state index contributed by atoms with van der Waals surface area (Å²) in [6.07, 6.45) is 1.67. The van der Waals surface area contributed by atoms with Crippen molar-refractivity contribution in [2.24, 2.45) is 0 Å². The number of nitrogens with zero attached hydrogens (tertiary/aromatic N) is 1. The van der Waals surface area contributed by atoms with Crippen LogP contribution in [0.3, 0.4) is 0 Å². The average molecular weight is 217 g/mol. The van der Waals surface area contributed by atoms with Gasteiger partial charge in [0.1, 0.15) is 5.76 Å². The van der Waals surface area contributed by atoms with Gasteiger partial charge in [0.2, 0.25) is 0 Å². The molecule has 4 nitrogen and oxygen atoms in total. The molecular formula is C12H15N3O. The fraction of sp³-hybridized carbons (Fsp3) is 0.167. The minimum Gasteiger partial charge on any atom is -0.467 e. The van der Waals surface area contributed by atoms with Crippen LogP contribution in [0.25, 0.3) is 0 Å². The van der Waals surface area contributed by atoms with Gasteiger partial charge in [-0.25, -0.2) is 0 Å². The number of hydrogen-bond acceptors (Lipinski definition) is 4. The zero-order valence-corrected chi connectivity index (χ0v) is 9.18. The molecule has 0 bridgehead atoms. The molecule has 0 spiro atoms. The number of benzene rings is 1. The van der Waals surface area contributed by atoms with Gasteiger partial charge in [0, 0.05) is 12.7 Å². The predicted molar refractivity (Wildman–Crippen MR) is 66.1 cm³/mol. The molecule has 4 heteroatoms. The fourth-order valence-electron chi connectivity index (χ4n) is 1.53. The largest absolute Gasteiger partial charge is 0.467 e. The van der Waals surface area contributed by atoms with E-state index in [1.165, 1.54) is 0 Å². The molecule has 0 radical (unpaired) electrons. The molecule has 0 amide bonds. The van der Waals surface area contributed by atoms with Gasteiger partial charge in [-0.05, 0) is 30.3 Å². The molecule has 0 aliphatic carbocycles. The highest BCUT2D eigenvalue weighted by Crippen LogP contribution is 2.23. The van der Waals surface area contributed by atoms with Crippen molar-refractivity contribution in [3.8, 4) is 0 Å². The lowest BCUT2D eigenvalue weighted by Gasteiger charge is -2.18. The summed E-state index contributed by atoms with van der Waals surface area (Å²) in [5.74, 6) is 0.915. The first kappa shape index (κ1) is 10.4. The van der Waals surface area contributed by atoms with E-state index in [0.29, 0.717) is 17.9 Å². The quantitative estimate of drug-likeness (QED) is 0.772. The molecule has 0 saturated heterocycles. The van der Waals surface area contributed by atoms with Gasteiger partial charge in [-0.2, -0.15) is 0 Å². The Labute approximate surface area is 94.5 Å². The van der Waals surface area contributed by atoms with E-state index in [9.17, 15) is 0 Å². The van der Waals surface area contributed by atoms with Crippen LogP contribution < -0.4 is 16.4 Å². The van der Waals surface area contributed by atoms with Crippen LogP contribution in [0.5, 0.6) is 0 Å². The number of rotatable bonds is 3. The van der Waals surface area contributed by atoms with Crippen LogP contribution in [0.4, 0.5) is 17.1 Å². The van der Waals surface area contributed by atoms with Gasteiger partial charge in [0.05, 0.1) is 24.2 Å². The zero-order chi connectivity index (χ0) is 11.5. The number of nitrogen functional groups attached to an aromatic ring is 2. The molecule has 84 valence electrons. The lowest BCUT2D eigenvalue weighted by atomic mass is 10.2. The Kier molecular flexibility index (Phi) is 2.72. The first-order valence-corrected chi connectivity index (χ1v) is 5.05. The Balaban J connectivity index is 2.14. The molecule has 0 unspecified atom stereocenters. The fourth-order valence-corrected chi connectivity index (χ4v) is 1.53. The topological polar surface area (TPSA) is 68.4 Å². The summed E-state index contributed by atoms with van der Waals surface area (Å²) in [4.78, 5) is 2.05. The lowest BCUT2D eigenvalue weighted by molar-refractivity contribution is 0.507. The van der Waals surface area contributed by atoms with Crippen LogP contribution in [0.15, 0.2) is 41.0 Å². The molecule has 1 heterocycles.